The summed E-state index contributed by atoms with van der Waals surface area (Å²) in [4.78, 5) is 11.1. The second kappa shape index (κ2) is 6.30. The molecule has 0 saturated carbocycles. The quantitative estimate of drug-likeness (QED) is 0.831. The summed E-state index contributed by atoms with van der Waals surface area (Å²) >= 11 is 6.31. The van der Waals surface area contributed by atoms with Crippen LogP contribution in [0.2, 0.25) is 5.02 Å². The van der Waals surface area contributed by atoms with E-state index in [1.807, 2.05) is 0 Å². The molecular formula is C15H15ClF3NO3. The fourth-order valence-corrected chi connectivity index (χ4v) is 3.30. The molecule has 1 N–H and O–H groups in total. The molecular weight excluding hydrogens is 335 g/mol. The van der Waals surface area contributed by atoms with Gasteiger partial charge < -0.3 is 9.47 Å². The SMILES string of the molecule is O=C(OC1NCc2cc(Cl)c(C3CCOCC3)cc21)C(F)(F)F. The van der Waals surface area contributed by atoms with Gasteiger partial charge in [-0.1, -0.05) is 11.6 Å². The van der Waals surface area contributed by atoms with Gasteiger partial charge in [-0.05, 0) is 42.0 Å². The Morgan fingerprint density at radius 1 is 1.26 bits per heavy atom. The number of hydrogen-bond acceptors (Lipinski definition) is 4. The van der Waals surface area contributed by atoms with Crippen LogP contribution in [0.25, 0.3) is 0 Å². The van der Waals surface area contributed by atoms with Crippen LogP contribution in [-0.4, -0.2) is 25.4 Å². The Balaban J connectivity index is 1.85. The third-order valence-corrected chi connectivity index (χ3v) is 4.46. The van der Waals surface area contributed by atoms with Gasteiger partial charge in [-0.2, -0.15) is 13.2 Å². The van der Waals surface area contributed by atoms with Gasteiger partial charge in [-0.3, -0.25) is 5.32 Å². The highest BCUT2D eigenvalue weighted by Gasteiger charge is 2.43. The molecule has 0 aliphatic carbocycles. The van der Waals surface area contributed by atoms with Crippen molar-refractivity contribution in [3.05, 3.63) is 33.8 Å². The fraction of sp³-hybridized carbons (Fsp3) is 0.533. The number of esters is 1. The van der Waals surface area contributed by atoms with Crippen LogP contribution in [0, 0.1) is 0 Å². The van der Waals surface area contributed by atoms with Gasteiger partial charge in [-0.15, -0.1) is 0 Å². The monoisotopic (exact) mass is 349 g/mol. The van der Waals surface area contributed by atoms with Crippen LogP contribution in [0.4, 0.5) is 13.2 Å². The standard InChI is InChI=1S/C15H15ClF3NO3/c16-12-5-9-7-20-13(23-14(21)15(17,18)19)11(9)6-10(12)8-1-3-22-4-2-8/h5-6,8,13,20H,1-4,7H2. The van der Waals surface area contributed by atoms with Crippen molar-refractivity contribution in [2.45, 2.75) is 37.7 Å². The minimum absolute atomic E-state index is 0.195. The Morgan fingerprint density at radius 3 is 2.61 bits per heavy atom. The summed E-state index contributed by atoms with van der Waals surface area (Å²) in [6.07, 6.45) is -4.51. The van der Waals surface area contributed by atoms with Crippen molar-refractivity contribution >= 4 is 17.6 Å². The van der Waals surface area contributed by atoms with Gasteiger partial charge in [0.15, 0.2) is 6.23 Å². The predicted octanol–water partition coefficient (Wildman–Crippen LogP) is 3.44. The lowest BCUT2D eigenvalue weighted by Crippen LogP contribution is -2.30. The third kappa shape index (κ3) is 3.46. The zero-order valence-corrected chi connectivity index (χ0v) is 12.8. The van der Waals surface area contributed by atoms with Gasteiger partial charge in [0, 0.05) is 30.3 Å². The minimum Gasteiger partial charge on any atom is -0.436 e. The first-order valence-corrected chi connectivity index (χ1v) is 7.65. The molecule has 126 valence electrons. The van der Waals surface area contributed by atoms with E-state index < -0.39 is 18.4 Å². The van der Waals surface area contributed by atoms with Gasteiger partial charge in [0.05, 0.1) is 0 Å². The maximum atomic E-state index is 12.4. The number of rotatable bonds is 2. The lowest BCUT2D eigenvalue weighted by Gasteiger charge is -2.24. The van der Waals surface area contributed by atoms with E-state index in [9.17, 15) is 18.0 Å². The van der Waals surface area contributed by atoms with Gasteiger partial charge in [0.2, 0.25) is 0 Å². The summed E-state index contributed by atoms with van der Waals surface area (Å²) < 4.78 is 47.0. The van der Waals surface area contributed by atoms with Crippen LogP contribution < -0.4 is 5.32 Å². The van der Waals surface area contributed by atoms with E-state index in [-0.39, 0.29) is 5.92 Å². The van der Waals surface area contributed by atoms with Crippen molar-refractivity contribution in [2.75, 3.05) is 13.2 Å². The van der Waals surface area contributed by atoms with Gasteiger partial charge in [0.1, 0.15) is 0 Å². The average molecular weight is 350 g/mol. The number of hydrogen-bond donors (Lipinski definition) is 1. The molecule has 23 heavy (non-hydrogen) atoms. The maximum absolute atomic E-state index is 12.4. The zero-order valence-electron chi connectivity index (χ0n) is 12.1. The third-order valence-electron chi connectivity index (χ3n) is 4.14. The summed E-state index contributed by atoms with van der Waals surface area (Å²) in [5, 5.41) is 3.34. The molecule has 0 spiro atoms. The molecule has 1 atom stereocenters. The normalized spacial score (nSPS) is 22.0. The van der Waals surface area contributed by atoms with E-state index in [1.165, 1.54) is 0 Å². The summed E-state index contributed by atoms with van der Waals surface area (Å²) in [6, 6.07) is 3.48. The number of ether oxygens (including phenoxy) is 2. The van der Waals surface area contributed by atoms with Crippen LogP contribution in [0.15, 0.2) is 12.1 Å². The molecule has 0 bridgehead atoms. The second-order valence-electron chi connectivity index (χ2n) is 5.62. The van der Waals surface area contributed by atoms with Crippen LogP contribution in [0.5, 0.6) is 0 Å². The van der Waals surface area contributed by atoms with E-state index in [0.717, 1.165) is 24.0 Å². The van der Waals surface area contributed by atoms with Crippen molar-refractivity contribution in [1.29, 1.82) is 0 Å². The van der Waals surface area contributed by atoms with E-state index in [4.69, 9.17) is 16.3 Å². The molecule has 0 amide bonds. The minimum atomic E-state index is -5.01. The highest BCUT2D eigenvalue weighted by molar-refractivity contribution is 6.31. The van der Waals surface area contributed by atoms with Crippen molar-refractivity contribution in [3.63, 3.8) is 0 Å². The molecule has 2 aliphatic heterocycles. The van der Waals surface area contributed by atoms with Gasteiger partial charge >= 0.3 is 12.1 Å². The van der Waals surface area contributed by atoms with Crippen molar-refractivity contribution < 1.29 is 27.4 Å². The van der Waals surface area contributed by atoms with E-state index >= 15 is 0 Å². The maximum Gasteiger partial charge on any atom is 0.490 e. The average Bonchev–Trinajstić information content (AvgIpc) is 2.88. The summed E-state index contributed by atoms with van der Waals surface area (Å²) in [7, 11) is 0. The van der Waals surface area contributed by atoms with E-state index in [1.54, 1.807) is 12.1 Å². The molecule has 4 nitrogen and oxygen atoms in total. The second-order valence-corrected chi connectivity index (χ2v) is 6.03. The number of halogens is 4. The molecule has 1 aromatic rings. The smallest absolute Gasteiger partial charge is 0.436 e. The Labute approximate surface area is 135 Å². The van der Waals surface area contributed by atoms with Gasteiger partial charge in [0.25, 0.3) is 0 Å². The van der Waals surface area contributed by atoms with Crippen molar-refractivity contribution in [3.8, 4) is 0 Å². The predicted molar refractivity (Wildman–Crippen MR) is 76.0 cm³/mol. The lowest BCUT2D eigenvalue weighted by molar-refractivity contribution is -0.206. The molecule has 2 heterocycles. The Bertz CT molecular complexity index is 615. The summed E-state index contributed by atoms with van der Waals surface area (Å²) in [5.74, 6) is -2.01. The number of nitrogens with one attached hydrogen (secondary N) is 1. The molecule has 1 aromatic carbocycles. The molecule has 1 saturated heterocycles. The Hall–Kier alpha value is -1.31. The molecule has 8 heteroatoms. The Kier molecular flexibility index (Phi) is 4.53. The number of carbonyl (C=O) groups is 1. The number of fused-ring (bicyclic) bond motifs is 1. The topological polar surface area (TPSA) is 47.6 Å². The van der Waals surface area contributed by atoms with Crippen LogP contribution in [-0.2, 0) is 20.8 Å². The first-order valence-electron chi connectivity index (χ1n) is 7.27. The number of benzene rings is 1. The van der Waals surface area contributed by atoms with Gasteiger partial charge in [-0.25, -0.2) is 4.79 Å². The lowest BCUT2D eigenvalue weighted by atomic mass is 9.89. The van der Waals surface area contributed by atoms with Crippen molar-refractivity contribution in [1.82, 2.24) is 5.32 Å². The van der Waals surface area contributed by atoms with E-state index in [0.29, 0.717) is 30.3 Å². The van der Waals surface area contributed by atoms with Crippen LogP contribution >= 0.6 is 11.6 Å². The number of carbonyl (C=O) groups excluding carboxylic acids is 1. The molecule has 1 unspecified atom stereocenters. The van der Waals surface area contributed by atoms with E-state index in [2.05, 4.69) is 10.1 Å². The number of alkyl halides is 3. The highest BCUT2D eigenvalue weighted by Crippen LogP contribution is 2.38. The molecule has 0 aromatic heterocycles. The largest absolute Gasteiger partial charge is 0.490 e. The fourth-order valence-electron chi connectivity index (χ4n) is 2.96. The molecule has 0 radical (unpaired) electrons. The molecule has 1 fully saturated rings. The van der Waals surface area contributed by atoms with Crippen LogP contribution in [0.1, 0.15) is 41.7 Å². The zero-order chi connectivity index (χ0) is 16.6. The first kappa shape index (κ1) is 16.5. The van der Waals surface area contributed by atoms with Crippen molar-refractivity contribution in [2.24, 2.45) is 0 Å². The first-order chi connectivity index (χ1) is 10.9. The molecule has 3 rings (SSSR count). The summed E-state index contributed by atoms with van der Waals surface area (Å²) in [6.45, 7) is 1.56. The summed E-state index contributed by atoms with van der Waals surface area (Å²) in [5.41, 5.74) is 2.14. The molecule has 2 aliphatic rings. The van der Waals surface area contributed by atoms with Crippen LogP contribution in [0.3, 0.4) is 0 Å². The Morgan fingerprint density at radius 2 is 1.96 bits per heavy atom. The highest BCUT2D eigenvalue weighted by atomic mass is 35.5.